The summed E-state index contributed by atoms with van der Waals surface area (Å²) in [6.07, 6.45) is 0. The summed E-state index contributed by atoms with van der Waals surface area (Å²) in [4.78, 5) is 11.2. The van der Waals surface area contributed by atoms with Crippen molar-refractivity contribution in [2.75, 3.05) is 0 Å². The third-order valence-electron chi connectivity index (χ3n) is 2.61. The zero-order valence-electron chi connectivity index (χ0n) is 10.3. The molecule has 1 N–H and O–H groups in total. The first-order valence-electron chi connectivity index (χ1n) is 5.56. The molecule has 0 aliphatic heterocycles. The van der Waals surface area contributed by atoms with Gasteiger partial charge >= 0.3 is 5.97 Å². The Labute approximate surface area is 123 Å². The molecule has 1 aromatic heterocycles. The molecule has 1 aromatic carbocycles. The van der Waals surface area contributed by atoms with E-state index in [1.54, 1.807) is 18.2 Å². The number of rotatable bonds is 3. The third kappa shape index (κ3) is 2.50. The van der Waals surface area contributed by atoms with Crippen molar-refractivity contribution >= 4 is 33.5 Å². The molecule has 0 unspecified atom stereocenters. The highest BCUT2D eigenvalue weighted by molar-refractivity contribution is 9.10. The maximum absolute atomic E-state index is 11.2. The van der Waals surface area contributed by atoms with Gasteiger partial charge in [-0.05, 0) is 34.0 Å². The summed E-state index contributed by atoms with van der Waals surface area (Å²) in [5, 5.41) is 17.3. The van der Waals surface area contributed by atoms with Gasteiger partial charge in [0.2, 0.25) is 0 Å². The van der Waals surface area contributed by atoms with Gasteiger partial charge in [-0.25, -0.2) is 9.48 Å². The molecule has 2 aromatic rings. The van der Waals surface area contributed by atoms with E-state index in [1.165, 1.54) is 4.68 Å². The number of hydrogen-bond donors (Lipinski definition) is 1. The summed E-state index contributed by atoms with van der Waals surface area (Å²) < 4.78 is 2.16. The van der Waals surface area contributed by atoms with Crippen molar-refractivity contribution in [3.63, 3.8) is 0 Å². The maximum Gasteiger partial charge on any atom is 0.358 e. The smallest absolute Gasteiger partial charge is 0.358 e. The van der Waals surface area contributed by atoms with Gasteiger partial charge in [0.15, 0.2) is 5.69 Å². The number of hydrogen-bond acceptors (Lipinski definition) is 3. The summed E-state index contributed by atoms with van der Waals surface area (Å²) in [6.45, 7) is 3.78. The van der Waals surface area contributed by atoms with Gasteiger partial charge in [-0.2, -0.15) is 0 Å². The second-order valence-electron chi connectivity index (χ2n) is 4.27. The number of carbonyl (C=O) groups is 1. The number of carboxylic acid groups (broad SMARTS) is 1. The molecule has 2 rings (SSSR count). The van der Waals surface area contributed by atoms with Crippen LogP contribution in [0.5, 0.6) is 0 Å². The first kappa shape index (κ1) is 14.0. The van der Waals surface area contributed by atoms with Crippen LogP contribution in [0.15, 0.2) is 22.7 Å². The SMILES string of the molecule is CC(C)c1c(C(=O)O)nnn1-c1cccc(Cl)c1Br. The quantitative estimate of drug-likeness (QED) is 0.925. The van der Waals surface area contributed by atoms with Gasteiger partial charge in [0.25, 0.3) is 0 Å². The Morgan fingerprint density at radius 1 is 1.47 bits per heavy atom. The lowest BCUT2D eigenvalue weighted by Gasteiger charge is -2.11. The fourth-order valence-electron chi connectivity index (χ4n) is 1.79. The molecule has 5 nitrogen and oxygen atoms in total. The number of aromatic nitrogens is 3. The van der Waals surface area contributed by atoms with Gasteiger partial charge in [0.1, 0.15) is 0 Å². The van der Waals surface area contributed by atoms with Crippen molar-refractivity contribution in [2.24, 2.45) is 0 Å². The van der Waals surface area contributed by atoms with Crippen molar-refractivity contribution in [1.29, 1.82) is 0 Å². The highest BCUT2D eigenvalue weighted by atomic mass is 79.9. The lowest BCUT2D eigenvalue weighted by atomic mass is 10.1. The zero-order chi connectivity index (χ0) is 14.2. The van der Waals surface area contributed by atoms with E-state index in [0.29, 0.717) is 20.9 Å². The number of benzene rings is 1. The van der Waals surface area contributed by atoms with Crippen LogP contribution in [0.4, 0.5) is 0 Å². The molecule has 0 bridgehead atoms. The van der Waals surface area contributed by atoms with Gasteiger partial charge in [0.05, 0.1) is 20.9 Å². The fourth-order valence-corrected chi connectivity index (χ4v) is 2.40. The van der Waals surface area contributed by atoms with Crippen LogP contribution in [0.1, 0.15) is 35.9 Å². The van der Waals surface area contributed by atoms with Gasteiger partial charge in [0, 0.05) is 0 Å². The molecular formula is C12H11BrClN3O2. The number of halogens is 2. The standard InChI is InChI=1S/C12H11BrClN3O2/c1-6(2)11-10(12(18)19)15-16-17(11)8-5-3-4-7(14)9(8)13/h3-6H,1-2H3,(H,18,19). The summed E-state index contributed by atoms with van der Waals surface area (Å²) in [5.74, 6) is -1.12. The van der Waals surface area contributed by atoms with Crippen LogP contribution in [0, 0.1) is 0 Å². The average Bonchev–Trinajstić information content (AvgIpc) is 2.77. The number of nitrogens with zero attached hydrogens (tertiary/aromatic N) is 3. The predicted octanol–water partition coefficient (Wildman–Crippen LogP) is 3.50. The van der Waals surface area contributed by atoms with E-state index in [4.69, 9.17) is 16.7 Å². The van der Waals surface area contributed by atoms with Crippen LogP contribution >= 0.6 is 27.5 Å². The lowest BCUT2D eigenvalue weighted by Crippen LogP contribution is -2.09. The number of aromatic carboxylic acids is 1. The molecule has 0 saturated heterocycles. The molecule has 100 valence electrons. The van der Waals surface area contributed by atoms with Crippen LogP contribution < -0.4 is 0 Å². The van der Waals surface area contributed by atoms with E-state index in [0.717, 1.165) is 0 Å². The summed E-state index contributed by atoms with van der Waals surface area (Å²) in [5.41, 5.74) is 1.16. The van der Waals surface area contributed by atoms with E-state index in [2.05, 4.69) is 26.2 Å². The van der Waals surface area contributed by atoms with E-state index in [1.807, 2.05) is 13.8 Å². The van der Waals surface area contributed by atoms with Gasteiger partial charge in [-0.15, -0.1) is 5.10 Å². The largest absolute Gasteiger partial charge is 0.476 e. The van der Waals surface area contributed by atoms with E-state index in [-0.39, 0.29) is 11.6 Å². The van der Waals surface area contributed by atoms with Crippen molar-refractivity contribution in [3.05, 3.63) is 39.1 Å². The van der Waals surface area contributed by atoms with Gasteiger partial charge in [-0.3, -0.25) is 0 Å². The molecule has 7 heteroatoms. The first-order chi connectivity index (χ1) is 8.93. The summed E-state index contributed by atoms with van der Waals surface area (Å²) in [6, 6.07) is 5.30. The van der Waals surface area contributed by atoms with Crippen molar-refractivity contribution in [3.8, 4) is 5.69 Å². The lowest BCUT2D eigenvalue weighted by molar-refractivity contribution is 0.0688. The monoisotopic (exact) mass is 343 g/mol. The first-order valence-corrected chi connectivity index (χ1v) is 6.73. The third-order valence-corrected chi connectivity index (χ3v) is 3.99. The van der Waals surface area contributed by atoms with Crippen LogP contribution in [0.2, 0.25) is 5.02 Å². The molecule has 0 aliphatic rings. The Kier molecular flexibility index (Phi) is 3.91. The number of carboxylic acids is 1. The van der Waals surface area contributed by atoms with E-state index in [9.17, 15) is 4.79 Å². The van der Waals surface area contributed by atoms with Crippen LogP contribution in [0.25, 0.3) is 5.69 Å². The Balaban J connectivity index is 2.69. The summed E-state index contributed by atoms with van der Waals surface area (Å²) in [7, 11) is 0. The molecular weight excluding hydrogens is 334 g/mol. The second kappa shape index (κ2) is 5.30. The van der Waals surface area contributed by atoms with Crippen molar-refractivity contribution in [1.82, 2.24) is 15.0 Å². The van der Waals surface area contributed by atoms with Gasteiger partial charge in [-0.1, -0.05) is 36.7 Å². The topological polar surface area (TPSA) is 68.0 Å². The molecule has 0 amide bonds. The normalized spacial score (nSPS) is 11.0. The highest BCUT2D eigenvalue weighted by Gasteiger charge is 2.23. The van der Waals surface area contributed by atoms with Crippen LogP contribution in [-0.4, -0.2) is 26.1 Å². The van der Waals surface area contributed by atoms with E-state index < -0.39 is 5.97 Å². The minimum Gasteiger partial charge on any atom is -0.476 e. The Hall–Kier alpha value is -1.40. The van der Waals surface area contributed by atoms with Crippen molar-refractivity contribution in [2.45, 2.75) is 19.8 Å². The highest BCUT2D eigenvalue weighted by Crippen LogP contribution is 2.31. The van der Waals surface area contributed by atoms with Gasteiger partial charge < -0.3 is 5.11 Å². The van der Waals surface area contributed by atoms with Crippen LogP contribution in [-0.2, 0) is 0 Å². The second-order valence-corrected chi connectivity index (χ2v) is 5.47. The Morgan fingerprint density at radius 3 is 2.74 bits per heavy atom. The van der Waals surface area contributed by atoms with Crippen molar-refractivity contribution < 1.29 is 9.90 Å². The Morgan fingerprint density at radius 2 is 2.16 bits per heavy atom. The molecule has 0 saturated carbocycles. The molecule has 0 atom stereocenters. The average molecular weight is 345 g/mol. The van der Waals surface area contributed by atoms with E-state index >= 15 is 0 Å². The predicted molar refractivity (Wildman–Crippen MR) is 75.1 cm³/mol. The molecule has 19 heavy (non-hydrogen) atoms. The molecule has 0 fully saturated rings. The minimum absolute atomic E-state index is 0.0352. The fraction of sp³-hybridized carbons (Fsp3) is 0.250. The molecule has 0 aliphatic carbocycles. The molecule has 0 radical (unpaired) electrons. The maximum atomic E-state index is 11.2. The Bertz CT molecular complexity index is 640. The zero-order valence-corrected chi connectivity index (χ0v) is 12.6. The molecule has 1 heterocycles. The minimum atomic E-state index is -1.09. The molecule has 0 spiro atoms. The summed E-state index contributed by atoms with van der Waals surface area (Å²) >= 11 is 9.42. The van der Waals surface area contributed by atoms with Crippen LogP contribution in [0.3, 0.4) is 0 Å².